The second-order valence-corrected chi connectivity index (χ2v) is 3.27. The molecule has 0 spiro atoms. The van der Waals surface area contributed by atoms with Gasteiger partial charge in [0.25, 0.3) is 0 Å². The molecule has 0 saturated heterocycles. The van der Waals surface area contributed by atoms with Crippen LogP contribution in [0, 0.1) is 0 Å². The minimum atomic E-state index is -0.561. The van der Waals surface area contributed by atoms with E-state index in [-0.39, 0.29) is 0 Å². The Labute approximate surface area is 95.9 Å². The van der Waals surface area contributed by atoms with E-state index < -0.39 is 11.9 Å². The van der Waals surface area contributed by atoms with Crippen LogP contribution in [0.15, 0.2) is 24.0 Å². The number of allylic oxidation sites excluding steroid dienone is 1. The fourth-order valence-electron chi connectivity index (χ4n) is 1.08. The third-order valence-corrected chi connectivity index (χ3v) is 2.06. The van der Waals surface area contributed by atoms with Crippen molar-refractivity contribution in [1.29, 1.82) is 0 Å². The van der Waals surface area contributed by atoms with Gasteiger partial charge in [-0.3, -0.25) is 0 Å². The lowest BCUT2D eigenvalue weighted by molar-refractivity contribution is -0.137. The summed E-state index contributed by atoms with van der Waals surface area (Å²) in [5, 5.41) is 0. The molecule has 0 fully saturated rings. The Morgan fingerprint density at radius 1 is 1.38 bits per heavy atom. The molecule has 0 aliphatic rings. The summed E-state index contributed by atoms with van der Waals surface area (Å²) < 4.78 is 9.58. The van der Waals surface area contributed by atoms with Crippen molar-refractivity contribution in [3.8, 4) is 0 Å². The van der Waals surface area contributed by atoms with Crippen LogP contribution in [0.4, 0.5) is 0 Å². The zero-order valence-electron chi connectivity index (χ0n) is 10.0. The molecule has 0 atom stereocenters. The second kappa shape index (κ2) is 7.68. The van der Waals surface area contributed by atoms with E-state index in [4.69, 9.17) is 4.74 Å². The van der Waals surface area contributed by atoms with Crippen LogP contribution in [0.1, 0.15) is 33.1 Å². The van der Waals surface area contributed by atoms with E-state index >= 15 is 0 Å². The maximum atomic E-state index is 11.3. The van der Waals surface area contributed by atoms with Gasteiger partial charge in [-0.05, 0) is 13.3 Å². The number of unbranched alkanes of at least 4 members (excludes halogenated alkanes) is 1. The van der Waals surface area contributed by atoms with Crippen molar-refractivity contribution in [3.63, 3.8) is 0 Å². The number of ether oxygens (including phenoxy) is 2. The van der Waals surface area contributed by atoms with E-state index in [9.17, 15) is 9.59 Å². The SMILES string of the molecule is C=CC(=O)O/C(CCCC)=C(/C)C(=O)OC. The van der Waals surface area contributed by atoms with Crippen molar-refractivity contribution >= 4 is 11.9 Å². The van der Waals surface area contributed by atoms with Gasteiger partial charge in [-0.15, -0.1) is 0 Å². The highest BCUT2D eigenvalue weighted by molar-refractivity contribution is 5.89. The first kappa shape index (κ1) is 14.4. The van der Waals surface area contributed by atoms with Crippen LogP contribution in [-0.4, -0.2) is 19.0 Å². The van der Waals surface area contributed by atoms with Gasteiger partial charge in [-0.2, -0.15) is 0 Å². The minimum absolute atomic E-state index is 0.325. The van der Waals surface area contributed by atoms with Gasteiger partial charge < -0.3 is 9.47 Å². The van der Waals surface area contributed by atoms with E-state index in [1.165, 1.54) is 7.11 Å². The topological polar surface area (TPSA) is 52.6 Å². The van der Waals surface area contributed by atoms with E-state index in [1.54, 1.807) is 6.92 Å². The summed E-state index contributed by atoms with van der Waals surface area (Å²) in [6, 6.07) is 0. The number of esters is 2. The van der Waals surface area contributed by atoms with Crippen molar-refractivity contribution in [3.05, 3.63) is 24.0 Å². The number of methoxy groups -OCH3 is 1. The molecule has 0 bridgehead atoms. The number of hydrogen-bond acceptors (Lipinski definition) is 4. The van der Waals surface area contributed by atoms with Crippen LogP contribution in [0.3, 0.4) is 0 Å². The number of carbonyl (C=O) groups excluding carboxylic acids is 2. The molecule has 0 aliphatic heterocycles. The molecule has 0 amide bonds. The van der Waals surface area contributed by atoms with E-state index in [0.29, 0.717) is 17.8 Å². The lowest BCUT2D eigenvalue weighted by Gasteiger charge is -2.09. The Bertz CT molecular complexity index is 302. The summed E-state index contributed by atoms with van der Waals surface area (Å²) in [6.45, 7) is 6.90. The Morgan fingerprint density at radius 3 is 2.44 bits per heavy atom. The van der Waals surface area contributed by atoms with Crippen molar-refractivity contribution in [2.45, 2.75) is 33.1 Å². The summed E-state index contributed by atoms with van der Waals surface area (Å²) in [5.74, 6) is -0.684. The quantitative estimate of drug-likeness (QED) is 0.396. The molecule has 0 heterocycles. The number of hydrogen-bond donors (Lipinski definition) is 0. The first-order valence-electron chi connectivity index (χ1n) is 5.19. The molecule has 0 N–H and O–H groups in total. The van der Waals surface area contributed by atoms with Crippen LogP contribution < -0.4 is 0 Å². The molecule has 0 aliphatic carbocycles. The third kappa shape index (κ3) is 4.77. The zero-order chi connectivity index (χ0) is 12.6. The van der Waals surface area contributed by atoms with E-state index in [2.05, 4.69) is 11.3 Å². The molecule has 0 aromatic carbocycles. The number of rotatable bonds is 6. The van der Waals surface area contributed by atoms with Crippen LogP contribution >= 0.6 is 0 Å². The molecular weight excluding hydrogens is 208 g/mol. The van der Waals surface area contributed by atoms with Crippen LogP contribution in [-0.2, 0) is 19.1 Å². The third-order valence-electron chi connectivity index (χ3n) is 2.06. The lowest BCUT2D eigenvalue weighted by Crippen LogP contribution is -2.10. The predicted molar refractivity (Wildman–Crippen MR) is 60.5 cm³/mol. The summed E-state index contributed by atoms with van der Waals surface area (Å²) in [6.07, 6.45) is 3.39. The Kier molecular flexibility index (Phi) is 6.92. The van der Waals surface area contributed by atoms with Crippen molar-refractivity contribution in [2.75, 3.05) is 7.11 Å². The van der Waals surface area contributed by atoms with Gasteiger partial charge in [0, 0.05) is 12.5 Å². The Morgan fingerprint density at radius 2 is 2.00 bits per heavy atom. The fourth-order valence-corrected chi connectivity index (χ4v) is 1.08. The molecule has 0 aromatic heterocycles. The maximum absolute atomic E-state index is 11.3. The molecule has 16 heavy (non-hydrogen) atoms. The molecule has 0 unspecified atom stereocenters. The van der Waals surface area contributed by atoms with Crippen molar-refractivity contribution in [2.24, 2.45) is 0 Å². The van der Waals surface area contributed by atoms with Gasteiger partial charge in [0.05, 0.1) is 12.7 Å². The molecule has 4 nitrogen and oxygen atoms in total. The largest absolute Gasteiger partial charge is 0.466 e. The van der Waals surface area contributed by atoms with Crippen LogP contribution in [0.5, 0.6) is 0 Å². The summed E-state index contributed by atoms with van der Waals surface area (Å²) in [7, 11) is 1.29. The van der Waals surface area contributed by atoms with Crippen molar-refractivity contribution in [1.82, 2.24) is 0 Å². The molecule has 0 saturated carbocycles. The maximum Gasteiger partial charge on any atom is 0.336 e. The van der Waals surface area contributed by atoms with Crippen molar-refractivity contribution < 1.29 is 19.1 Å². The first-order chi connectivity index (χ1) is 7.56. The molecular formula is C12H18O4. The van der Waals surface area contributed by atoms with Gasteiger partial charge in [-0.1, -0.05) is 19.9 Å². The highest BCUT2D eigenvalue weighted by Gasteiger charge is 2.14. The van der Waals surface area contributed by atoms with Gasteiger partial charge in [0.1, 0.15) is 5.76 Å². The fraction of sp³-hybridized carbons (Fsp3) is 0.500. The van der Waals surface area contributed by atoms with Gasteiger partial charge in [0.2, 0.25) is 0 Å². The highest BCUT2D eigenvalue weighted by atomic mass is 16.5. The average Bonchev–Trinajstić information content (AvgIpc) is 2.31. The van der Waals surface area contributed by atoms with E-state index in [1.807, 2.05) is 6.92 Å². The average molecular weight is 226 g/mol. The second-order valence-electron chi connectivity index (χ2n) is 3.27. The molecule has 0 radical (unpaired) electrons. The summed E-state index contributed by atoms with van der Waals surface area (Å²) in [5.41, 5.74) is 0.325. The van der Waals surface area contributed by atoms with Gasteiger partial charge in [0.15, 0.2) is 0 Å². The van der Waals surface area contributed by atoms with Crippen LogP contribution in [0.25, 0.3) is 0 Å². The normalized spacial score (nSPS) is 11.4. The molecule has 90 valence electrons. The number of carbonyl (C=O) groups is 2. The lowest BCUT2D eigenvalue weighted by atomic mass is 10.1. The van der Waals surface area contributed by atoms with Gasteiger partial charge in [-0.25, -0.2) is 9.59 Å². The van der Waals surface area contributed by atoms with Gasteiger partial charge >= 0.3 is 11.9 Å². The minimum Gasteiger partial charge on any atom is -0.466 e. The standard InChI is InChI=1S/C12H18O4/c1-5-7-8-10(16-11(13)6-2)9(3)12(14)15-4/h6H,2,5,7-8H2,1,3-4H3/b10-9-. The predicted octanol–water partition coefficient (Wildman–Crippen LogP) is 2.35. The van der Waals surface area contributed by atoms with E-state index in [0.717, 1.165) is 18.9 Å². The molecule has 4 heteroatoms. The Balaban J connectivity index is 4.82. The Hall–Kier alpha value is -1.58. The smallest absolute Gasteiger partial charge is 0.336 e. The van der Waals surface area contributed by atoms with Crippen LogP contribution in [0.2, 0.25) is 0 Å². The summed E-state index contributed by atoms with van der Waals surface area (Å²) in [4.78, 5) is 22.4. The highest BCUT2D eigenvalue weighted by Crippen LogP contribution is 2.15. The first-order valence-corrected chi connectivity index (χ1v) is 5.19. The monoisotopic (exact) mass is 226 g/mol. The zero-order valence-corrected chi connectivity index (χ0v) is 10.0. The molecule has 0 aromatic rings. The molecule has 0 rings (SSSR count). The summed E-state index contributed by atoms with van der Waals surface area (Å²) >= 11 is 0.